The van der Waals surface area contributed by atoms with Crippen LogP contribution < -0.4 is 5.32 Å². The van der Waals surface area contributed by atoms with E-state index >= 15 is 0 Å². The molecule has 1 aromatic carbocycles. The normalized spacial score (nSPS) is 11.8. The van der Waals surface area contributed by atoms with Gasteiger partial charge in [0, 0.05) is 15.9 Å². The summed E-state index contributed by atoms with van der Waals surface area (Å²) in [6.07, 6.45) is 0.103. The molecule has 1 aromatic rings. The Morgan fingerprint density at radius 3 is 2.60 bits per heavy atom. The Morgan fingerprint density at radius 2 is 2.00 bits per heavy atom. The van der Waals surface area contributed by atoms with E-state index in [1.54, 1.807) is 6.92 Å². The summed E-state index contributed by atoms with van der Waals surface area (Å²) in [5.74, 6) is -0.460. The van der Waals surface area contributed by atoms with Crippen molar-refractivity contribution >= 4 is 39.6 Å². The Hall–Kier alpha value is -1.01. The minimum Gasteiger partial charge on any atom is -0.452 e. The molecule has 6 heteroatoms. The second-order valence-corrected chi connectivity index (χ2v) is 6.13. The van der Waals surface area contributed by atoms with Crippen LogP contribution in [0.2, 0.25) is 0 Å². The Balaban J connectivity index is 2.32. The van der Waals surface area contributed by atoms with E-state index in [0.717, 1.165) is 15.8 Å². The molecule has 0 aliphatic heterocycles. The summed E-state index contributed by atoms with van der Waals surface area (Å²) in [5, 5.41) is 2.69. The monoisotopic (exact) mass is 359 g/mol. The molecule has 1 rings (SSSR count). The SMILES string of the molecule is CCCNC(=O)[C@H](C)OC(=O)CSc1ccc(Br)cc1. The zero-order chi connectivity index (χ0) is 15.0. The van der Waals surface area contributed by atoms with Crippen molar-refractivity contribution in [3.63, 3.8) is 0 Å². The van der Waals surface area contributed by atoms with Crippen LogP contribution in [0.3, 0.4) is 0 Å². The van der Waals surface area contributed by atoms with Gasteiger partial charge in [0.15, 0.2) is 6.10 Å². The molecule has 0 aromatic heterocycles. The molecular formula is C14H18BrNO3S. The molecule has 1 amide bonds. The van der Waals surface area contributed by atoms with Gasteiger partial charge in [0.1, 0.15) is 0 Å². The van der Waals surface area contributed by atoms with Crippen LogP contribution in [-0.2, 0) is 14.3 Å². The molecule has 0 bridgehead atoms. The van der Waals surface area contributed by atoms with E-state index in [4.69, 9.17) is 4.74 Å². The zero-order valence-electron chi connectivity index (χ0n) is 11.5. The molecule has 0 aliphatic carbocycles. The number of amides is 1. The first-order valence-corrected chi connectivity index (χ1v) is 8.16. The lowest BCUT2D eigenvalue weighted by atomic mass is 10.3. The molecule has 0 saturated carbocycles. The van der Waals surface area contributed by atoms with Crippen LogP contribution in [0.4, 0.5) is 0 Å². The summed E-state index contributed by atoms with van der Waals surface area (Å²) >= 11 is 4.73. The molecule has 20 heavy (non-hydrogen) atoms. The summed E-state index contributed by atoms with van der Waals surface area (Å²) in [6.45, 7) is 4.13. The molecule has 0 unspecified atom stereocenters. The van der Waals surface area contributed by atoms with Crippen LogP contribution in [0.1, 0.15) is 20.3 Å². The Kier molecular flexibility index (Phi) is 7.69. The second kappa shape index (κ2) is 9.02. The van der Waals surface area contributed by atoms with Gasteiger partial charge < -0.3 is 10.1 Å². The van der Waals surface area contributed by atoms with Crippen LogP contribution in [0.25, 0.3) is 0 Å². The number of nitrogens with one attached hydrogen (secondary N) is 1. The maximum atomic E-state index is 11.6. The van der Waals surface area contributed by atoms with Crippen LogP contribution in [0.5, 0.6) is 0 Å². The van der Waals surface area contributed by atoms with Gasteiger partial charge in [-0.15, -0.1) is 11.8 Å². The number of halogens is 1. The molecule has 4 nitrogen and oxygen atoms in total. The maximum absolute atomic E-state index is 11.6. The highest BCUT2D eigenvalue weighted by Crippen LogP contribution is 2.20. The smallest absolute Gasteiger partial charge is 0.317 e. The lowest BCUT2D eigenvalue weighted by Gasteiger charge is -2.12. The van der Waals surface area contributed by atoms with Crippen LogP contribution in [-0.4, -0.2) is 30.3 Å². The Bertz CT molecular complexity index is 450. The summed E-state index contributed by atoms with van der Waals surface area (Å²) < 4.78 is 6.06. The topological polar surface area (TPSA) is 55.4 Å². The highest BCUT2D eigenvalue weighted by Gasteiger charge is 2.17. The van der Waals surface area contributed by atoms with E-state index < -0.39 is 12.1 Å². The molecule has 0 fully saturated rings. The number of benzene rings is 1. The number of esters is 1. The van der Waals surface area contributed by atoms with Crippen LogP contribution >= 0.6 is 27.7 Å². The standard InChI is InChI=1S/C14H18BrNO3S/c1-3-8-16-14(18)10(2)19-13(17)9-20-12-6-4-11(15)5-7-12/h4-7,10H,3,8-9H2,1-2H3,(H,16,18)/t10-/m0/s1. The second-order valence-electron chi connectivity index (χ2n) is 4.17. The van der Waals surface area contributed by atoms with Gasteiger partial charge in [0.2, 0.25) is 0 Å². The van der Waals surface area contributed by atoms with E-state index in [2.05, 4.69) is 21.2 Å². The largest absolute Gasteiger partial charge is 0.452 e. The minimum absolute atomic E-state index is 0.188. The highest BCUT2D eigenvalue weighted by atomic mass is 79.9. The van der Waals surface area contributed by atoms with Gasteiger partial charge in [-0.2, -0.15) is 0 Å². The van der Waals surface area contributed by atoms with Crippen molar-refractivity contribution in [2.45, 2.75) is 31.3 Å². The van der Waals surface area contributed by atoms with Gasteiger partial charge in [0.05, 0.1) is 5.75 Å². The van der Waals surface area contributed by atoms with Gasteiger partial charge in [-0.05, 0) is 37.6 Å². The van der Waals surface area contributed by atoms with Crippen LogP contribution in [0, 0.1) is 0 Å². The molecule has 0 saturated heterocycles. The Labute approximate surface area is 131 Å². The maximum Gasteiger partial charge on any atom is 0.317 e. The fourth-order valence-electron chi connectivity index (χ4n) is 1.35. The van der Waals surface area contributed by atoms with Crippen LogP contribution in [0.15, 0.2) is 33.6 Å². The number of ether oxygens (including phenoxy) is 1. The van der Waals surface area contributed by atoms with Gasteiger partial charge in [-0.1, -0.05) is 22.9 Å². The average Bonchev–Trinajstić information content (AvgIpc) is 2.44. The number of hydrogen-bond acceptors (Lipinski definition) is 4. The summed E-state index contributed by atoms with van der Waals surface area (Å²) in [6, 6.07) is 7.65. The molecule has 1 atom stereocenters. The molecule has 1 N–H and O–H groups in total. The van der Waals surface area contributed by atoms with E-state index in [9.17, 15) is 9.59 Å². The molecule has 0 radical (unpaired) electrons. The van der Waals surface area contributed by atoms with E-state index in [0.29, 0.717) is 6.54 Å². The molecule has 0 heterocycles. The number of carbonyl (C=O) groups is 2. The van der Waals surface area contributed by atoms with Crippen molar-refractivity contribution in [3.8, 4) is 0 Å². The van der Waals surface area contributed by atoms with Gasteiger partial charge in [-0.25, -0.2) is 0 Å². The van der Waals surface area contributed by atoms with Crippen molar-refractivity contribution in [1.29, 1.82) is 0 Å². The number of rotatable bonds is 7. The number of hydrogen-bond donors (Lipinski definition) is 1. The third kappa shape index (κ3) is 6.43. The van der Waals surface area contributed by atoms with E-state index in [1.165, 1.54) is 11.8 Å². The summed E-state index contributed by atoms with van der Waals surface area (Å²) in [4.78, 5) is 24.2. The molecule has 110 valence electrons. The lowest BCUT2D eigenvalue weighted by molar-refractivity contribution is -0.152. The van der Waals surface area contributed by atoms with Crippen molar-refractivity contribution in [2.75, 3.05) is 12.3 Å². The van der Waals surface area contributed by atoms with Crippen molar-refractivity contribution in [3.05, 3.63) is 28.7 Å². The predicted octanol–water partition coefficient (Wildman–Crippen LogP) is 3.00. The fourth-order valence-corrected chi connectivity index (χ4v) is 2.30. The molecule has 0 aliphatic rings. The van der Waals surface area contributed by atoms with E-state index in [1.807, 2.05) is 31.2 Å². The Morgan fingerprint density at radius 1 is 1.35 bits per heavy atom. The van der Waals surface area contributed by atoms with Gasteiger partial charge >= 0.3 is 5.97 Å². The van der Waals surface area contributed by atoms with Gasteiger partial charge in [0.25, 0.3) is 5.91 Å². The first kappa shape index (κ1) is 17.0. The third-order valence-electron chi connectivity index (χ3n) is 2.40. The van der Waals surface area contributed by atoms with Crippen molar-refractivity contribution in [1.82, 2.24) is 5.32 Å². The van der Waals surface area contributed by atoms with Crippen molar-refractivity contribution < 1.29 is 14.3 Å². The summed E-state index contributed by atoms with van der Waals surface area (Å²) in [7, 11) is 0. The molecule has 0 spiro atoms. The first-order chi connectivity index (χ1) is 9.52. The quantitative estimate of drug-likeness (QED) is 0.600. The zero-order valence-corrected chi connectivity index (χ0v) is 13.9. The number of thioether (sulfide) groups is 1. The first-order valence-electron chi connectivity index (χ1n) is 6.38. The highest BCUT2D eigenvalue weighted by molar-refractivity contribution is 9.10. The van der Waals surface area contributed by atoms with Gasteiger partial charge in [-0.3, -0.25) is 9.59 Å². The summed E-state index contributed by atoms with van der Waals surface area (Å²) in [5.41, 5.74) is 0. The third-order valence-corrected chi connectivity index (χ3v) is 3.91. The predicted molar refractivity (Wildman–Crippen MR) is 83.7 cm³/mol. The lowest BCUT2D eigenvalue weighted by Crippen LogP contribution is -2.36. The average molecular weight is 360 g/mol. The fraction of sp³-hybridized carbons (Fsp3) is 0.429. The minimum atomic E-state index is -0.750. The van der Waals surface area contributed by atoms with Crippen molar-refractivity contribution in [2.24, 2.45) is 0 Å². The number of carbonyl (C=O) groups excluding carboxylic acids is 2. The van der Waals surface area contributed by atoms with E-state index in [-0.39, 0.29) is 11.7 Å². The molecular weight excluding hydrogens is 342 g/mol.